The van der Waals surface area contributed by atoms with Crippen LogP contribution in [0.3, 0.4) is 0 Å². The van der Waals surface area contributed by atoms with Crippen molar-refractivity contribution in [2.45, 2.75) is 0 Å². The normalized spacial score (nSPS) is 31.7. The van der Waals surface area contributed by atoms with Gasteiger partial charge in [0.1, 0.15) is 0 Å². The molecular weight excluding hydrogens is 144 g/mol. The molecule has 58 valence electrons. The highest BCUT2D eigenvalue weighted by atomic mass is 14.1. The van der Waals surface area contributed by atoms with E-state index in [9.17, 15) is 0 Å². The summed E-state index contributed by atoms with van der Waals surface area (Å²) in [4.78, 5) is 0. The van der Waals surface area contributed by atoms with Crippen LogP contribution in [-0.2, 0) is 0 Å². The summed E-state index contributed by atoms with van der Waals surface area (Å²) in [6.45, 7) is 0. The minimum absolute atomic E-state index is 1.28. The van der Waals surface area contributed by atoms with E-state index in [1.54, 1.807) is 0 Å². The van der Waals surface area contributed by atoms with Crippen LogP contribution < -0.4 is 0 Å². The summed E-state index contributed by atoms with van der Waals surface area (Å²) >= 11 is 0. The predicted molar refractivity (Wildman–Crippen MR) is 52.7 cm³/mol. The van der Waals surface area contributed by atoms with E-state index in [0.717, 1.165) is 0 Å². The van der Waals surface area contributed by atoms with Crippen molar-refractivity contribution in [3.05, 3.63) is 71.9 Å². The summed E-state index contributed by atoms with van der Waals surface area (Å²) in [6.07, 6.45) is 20.8. The van der Waals surface area contributed by atoms with Gasteiger partial charge in [-0.05, 0) is 11.1 Å². The minimum Gasteiger partial charge on any atom is -0.0623 e. The van der Waals surface area contributed by atoms with Crippen molar-refractivity contribution >= 4 is 0 Å². The molecule has 2 aliphatic rings. The molecule has 0 aliphatic heterocycles. The van der Waals surface area contributed by atoms with Crippen molar-refractivity contribution in [1.82, 2.24) is 0 Å². The number of hydrogen-bond acceptors (Lipinski definition) is 0. The Bertz CT molecular complexity index is 342. The molecule has 0 heterocycles. The fraction of sp³-hybridized carbons (Fsp3) is 0. The molecule has 0 saturated carbocycles. The fourth-order valence-corrected chi connectivity index (χ4v) is 1.26. The third kappa shape index (κ3) is 1.37. The molecule has 0 spiro atoms. The van der Waals surface area contributed by atoms with Crippen LogP contribution in [0.4, 0.5) is 0 Å². The molecule has 0 saturated heterocycles. The molecule has 0 amide bonds. The van der Waals surface area contributed by atoms with Gasteiger partial charge in [0.05, 0.1) is 0 Å². The Kier molecular flexibility index (Phi) is 1.91. The van der Waals surface area contributed by atoms with Crippen LogP contribution in [-0.4, -0.2) is 0 Å². The summed E-state index contributed by atoms with van der Waals surface area (Å²) in [5, 5.41) is 0. The van der Waals surface area contributed by atoms with E-state index in [-0.39, 0.29) is 0 Å². The molecule has 0 aromatic heterocycles. The van der Waals surface area contributed by atoms with Gasteiger partial charge in [0.25, 0.3) is 0 Å². The van der Waals surface area contributed by atoms with E-state index >= 15 is 0 Å². The topological polar surface area (TPSA) is 0 Å². The molecule has 0 fully saturated rings. The van der Waals surface area contributed by atoms with Crippen LogP contribution in [0.1, 0.15) is 0 Å². The first-order valence-electron chi connectivity index (χ1n) is 4.07. The second kappa shape index (κ2) is 3.22. The molecule has 2 aliphatic carbocycles. The van der Waals surface area contributed by atoms with E-state index in [4.69, 9.17) is 0 Å². The van der Waals surface area contributed by atoms with Gasteiger partial charge in [0.2, 0.25) is 0 Å². The summed E-state index contributed by atoms with van der Waals surface area (Å²) in [6, 6.07) is 0. The molecule has 0 aromatic rings. The summed E-state index contributed by atoms with van der Waals surface area (Å²) in [7, 11) is 0. The lowest BCUT2D eigenvalue weighted by Crippen LogP contribution is -1.75. The smallest absolute Gasteiger partial charge is 0.0184 e. The number of rotatable bonds is 0. The monoisotopic (exact) mass is 154 g/mol. The van der Waals surface area contributed by atoms with Gasteiger partial charge >= 0.3 is 0 Å². The molecule has 12 heavy (non-hydrogen) atoms. The van der Waals surface area contributed by atoms with Crippen molar-refractivity contribution in [2.75, 3.05) is 0 Å². The molecule has 0 heteroatoms. The minimum atomic E-state index is 1.28. The van der Waals surface area contributed by atoms with Gasteiger partial charge in [-0.25, -0.2) is 0 Å². The van der Waals surface area contributed by atoms with Crippen LogP contribution in [0.2, 0.25) is 0 Å². The molecule has 0 nitrogen and oxygen atoms in total. The van der Waals surface area contributed by atoms with Gasteiger partial charge in [-0.15, -0.1) is 0 Å². The van der Waals surface area contributed by atoms with Gasteiger partial charge in [0, 0.05) is 0 Å². The molecule has 0 N–H and O–H groups in total. The average molecular weight is 154 g/mol. The Labute approximate surface area is 72.6 Å². The first-order valence-corrected chi connectivity index (χ1v) is 4.07. The Morgan fingerprint density at radius 1 is 0.500 bits per heavy atom. The molecule has 0 atom stereocenters. The summed E-state index contributed by atoms with van der Waals surface area (Å²) < 4.78 is 0. The predicted octanol–water partition coefficient (Wildman–Crippen LogP) is 3.09. The molecule has 0 unspecified atom stereocenters. The third-order valence-electron chi connectivity index (χ3n) is 1.88. The zero-order valence-corrected chi connectivity index (χ0v) is 6.77. The SMILES string of the molecule is C1=C\C2=C/C=C\C=C/C=C\C2=C1. The largest absolute Gasteiger partial charge is 0.0623 e. The quantitative estimate of drug-likeness (QED) is 0.503. The maximum absolute atomic E-state index is 2.12. The Morgan fingerprint density at radius 2 is 1.08 bits per heavy atom. The second-order valence-corrected chi connectivity index (χ2v) is 2.73. The highest BCUT2D eigenvalue weighted by molar-refractivity contribution is 5.55. The zero-order valence-electron chi connectivity index (χ0n) is 6.77. The van der Waals surface area contributed by atoms with Crippen molar-refractivity contribution in [1.29, 1.82) is 0 Å². The van der Waals surface area contributed by atoms with Gasteiger partial charge in [0.15, 0.2) is 0 Å². The summed E-state index contributed by atoms with van der Waals surface area (Å²) in [5.74, 6) is 0. The number of allylic oxidation sites excluding steroid dienone is 12. The van der Waals surface area contributed by atoms with E-state index in [0.29, 0.717) is 0 Å². The highest BCUT2D eigenvalue weighted by Crippen LogP contribution is 2.19. The Balaban J connectivity index is 2.40. The maximum atomic E-state index is 2.12. The second-order valence-electron chi connectivity index (χ2n) is 2.73. The lowest BCUT2D eigenvalue weighted by molar-refractivity contribution is 1.61. The first kappa shape index (κ1) is 7.11. The highest BCUT2D eigenvalue weighted by Gasteiger charge is 2.00. The Morgan fingerprint density at radius 3 is 2.00 bits per heavy atom. The van der Waals surface area contributed by atoms with E-state index in [1.807, 2.05) is 18.2 Å². The zero-order chi connectivity index (χ0) is 8.23. The Hall–Kier alpha value is -1.56. The van der Waals surface area contributed by atoms with E-state index in [1.165, 1.54) is 11.1 Å². The third-order valence-corrected chi connectivity index (χ3v) is 1.88. The molecule has 0 aromatic carbocycles. The van der Waals surface area contributed by atoms with Crippen LogP contribution in [0.25, 0.3) is 0 Å². The standard InChI is InChI=1S/C12H10/c1-2-4-7-11-9-6-10-12(11)8-5-3-1/h1-10H/b2-1-,3-1?,4-2?,5-3-,7-4-,8-5?,11-7?,12-8+. The van der Waals surface area contributed by atoms with Crippen LogP contribution in [0.5, 0.6) is 0 Å². The van der Waals surface area contributed by atoms with Crippen molar-refractivity contribution < 1.29 is 0 Å². The van der Waals surface area contributed by atoms with Crippen LogP contribution >= 0.6 is 0 Å². The molecule has 0 bridgehead atoms. The van der Waals surface area contributed by atoms with Crippen molar-refractivity contribution in [3.63, 3.8) is 0 Å². The van der Waals surface area contributed by atoms with Gasteiger partial charge in [-0.2, -0.15) is 0 Å². The summed E-state index contributed by atoms with van der Waals surface area (Å²) in [5.41, 5.74) is 2.57. The van der Waals surface area contributed by atoms with Crippen molar-refractivity contribution in [2.24, 2.45) is 0 Å². The van der Waals surface area contributed by atoms with Crippen LogP contribution in [0, 0.1) is 0 Å². The number of hydrogen-bond donors (Lipinski definition) is 0. The average Bonchev–Trinajstić information content (AvgIpc) is 2.50. The van der Waals surface area contributed by atoms with Gasteiger partial charge < -0.3 is 0 Å². The van der Waals surface area contributed by atoms with Crippen molar-refractivity contribution in [3.8, 4) is 0 Å². The lowest BCUT2D eigenvalue weighted by Gasteiger charge is -1.94. The van der Waals surface area contributed by atoms with Crippen LogP contribution in [0.15, 0.2) is 71.9 Å². The fourth-order valence-electron chi connectivity index (χ4n) is 1.26. The van der Waals surface area contributed by atoms with E-state index in [2.05, 4.69) is 42.5 Å². The molecular formula is C12H10. The molecule has 0 radical (unpaired) electrons. The molecule has 2 rings (SSSR count). The lowest BCUT2D eigenvalue weighted by atomic mass is 10.1. The number of fused-ring (bicyclic) bond motifs is 1. The van der Waals surface area contributed by atoms with Gasteiger partial charge in [-0.1, -0.05) is 60.8 Å². The first-order chi connectivity index (χ1) is 5.97. The van der Waals surface area contributed by atoms with E-state index < -0.39 is 0 Å². The van der Waals surface area contributed by atoms with Gasteiger partial charge in [-0.3, -0.25) is 0 Å². The maximum Gasteiger partial charge on any atom is -0.0184 e.